The number of benzene rings is 1. The molecule has 1 aliphatic rings. The van der Waals surface area contributed by atoms with Crippen molar-refractivity contribution in [2.45, 2.75) is 13.5 Å². The van der Waals surface area contributed by atoms with Crippen LogP contribution in [0.4, 0.5) is 0 Å². The first kappa shape index (κ1) is 16.0. The fourth-order valence-corrected chi connectivity index (χ4v) is 3.04. The van der Waals surface area contributed by atoms with Crippen LogP contribution in [0.15, 0.2) is 35.2 Å². The van der Waals surface area contributed by atoms with Crippen LogP contribution in [0.25, 0.3) is 0 Å². The van der Waals surface area contributed by atoms with Gasteiger partial charge in [-0.25, -0.2) is 4.79 Å². The highest BCUT2D eigenvalue weighted by atomic mass is 35.5. The zero-order chi connectivity index (χ0) is 15.4. The summed E-state index contributed by atoms with van der Waals surface area (Å²) in [5.41, 5.74) is 0.910. The molecule has 0 aromatic heterocycles. The Morgan fingerprint density at radius 3 is 2.71 bits per heavy atom. The van der Waals surface area contributed by atoms with Crippen molar-refractivity contribution < 1.29 is 14.3 Å². The number of thiocarbonyl (C=S) groups is 1. The van der Waals surface area contributed by atoms with Gasteiger partial charge in [0.15, 0.2) is 0 Å². The van der Waals surface area contributed by atoms with Gasteiger partial charge in [0, 0.05) is 11.1 Å². The molecule has 0 atom stereocenters. The summed E-state index contributed by atoms with van der Waals surface area (Å²) < 4.78 is 5.22. The molecule has 110 valence electrons. The molecular weight excluding hydrogens is 330 g/mol. The van der Waals surface area contributed by atoms with Crippen LogP contribution in [0.3, 0.4) is 0 Å². The van der Waals surface area contributed by atoms with Gasteiger partial charge in [-0.05, 0) is 24.6 Å². The minimum atomic E-state index is -0.538. The molecule has 0 radical (unpaired) electrons. The zero-order valence-corrected chi connectivity index (χ0v) is 13.6. The lowest BCUT2D eigenvalue weighted by Gasteiger charge is -2.14. The Balaban J connectivity index is 2.11. The average molecular weight is 342 g/mol. The van der Waals surface area contributed by atoms with E-state index in [4.69, 9.17) is 28.6 Å². The highest BCUT2D eigenvalue weighted by Gasteiger charge is 2.32. The number of hydrogen-bond donors (Lipinski definition) is 0. The number of rotatable bonds is 4. The first-order chi connectivity index (χ1) is 10.0. The molecule has 0 aliphatic carbocycles. The summed E-state index contributed by atoms with van der Waals surface area (Å²) in [4.78, 5) is 25.4. The summed E-state index contributed by atoms with van der Waals surface area (Å²) in [7, 11) is 0. The second-order valence-corrected chi connectivity index (χ2v) is 6.26. The van der Waals surface area contributed by atoms with E-state index in [2.05, 4.69) is 0 Å². The molecule has 0 spiro atoms. The minimum absolute atomic E-state index is 0.264. The van der Waals surface area contributed by atoms with Crippen LogP contribution in [-0.4, -0.2) is 27.7 Å². The second-order valence-electron chi connectivity index (χ2n) is 4.15. The Morgan fingerprint density at radius 1 is 1.43 bits per heavy atom. The topological polar surface area (TPSA) is 46.6 Å². The maximum atomic E-state index is 12.2. The predicted molar refractivity (Wildman–Crippen MR) is 86.9 cm³/mol. The first-order valence-corrected chi connectivity index (χ1v) is 7.78. The van der Waals surface area contributed by atoms with Crippen molar-refractivity contribution in [2.75, 3.05) is 6.61 Å². The minimum Gasteiger partial charge on any atom is -0.463 e. The third kappa shape index (κ3) is 4.06. The van der Waals surface area contributed by atoms with Crippen molar-refractivity contribution in [2.24, 2.45) is 0 Å². The summed E-state index contributed by atoms with van der Waals surface area (Å²) >= 11 is 12.1. The van der Waals surface area contributed by atoms with E-state index in [1.54, 1.807) is 19.1 Å². The summed E-state index contributed by atoms with van der Waals surface area (Å²) in [6, 6.07) is 7.16. The Labute approximate surface area is 137 Å². The molecule has 1 amide bonds. The first-order valence-electron chi connectivity index (χ1n) is 6.18. The number of nitrogens with zero attached hydrogens (tertiary/aromatic N) is 1. The van der Waals surface area contributed by atoms with Gasteiger partial charge in [0.25, 0.3) is 5.91 Å². The van der Waals surface area contributed by atoms with Crippen molar-refractivity contribution >= 4 is 51.8 Å². The van der Waals surface area contributed by atoms with Crippen LogP contribution in [0.1, 0.15) is 12.5 Å². The SMILES string of the molecule is CCOC(=O)/C=C1\SC(=S)N(Cc2ccc(Cl)cc2)C1=O. The normalized spacial score (nSPS) is 16.7. The summed E-state index contributed by atoms with van der Waals surface area (Å²) in [6.45, 7) is 2.32. The Morgan fingerprint density at radius 2 is 2.10 bits per heavy atom. The van der Waals surface area contributed by atoms with Crippen LogP contribution in [0.2, 0.25) is 5.02 Å². The summed E-state index contributed by atoms with van der Waals surface area (Å²) in [5, 5.41) is 0.631. The van der Waals surface area contributed by atoms with Crippen molar-refractivity contribution in [1.29, 1.82) is 0 Å². The quantitative estimate of drug-likeness (QED) is 0.478. The number of esters is 1. The molecule has 2 rings (SSSR count). The maximum Gasteiger partial charge on any atom is 0.332 e. The summed E-state index contributed by atoms with van der Waals surface area (Å²) in [5.74, 6) is -0.822. The number of ether oxygens (including phenoxy) is 1. The molecular formula is C14H12ClNO3S2. The van der Waals surface area contributed by atoms with Crippen molar-refractivity contribution in [3.63, 3.8) is 0 Å². The molecule has 1 aromatic rings. The van der Waals surface area contributed by atoms with Crippen molar-refractivity contribution in [1.82, 2.24) is 4.90 Å². The Bertz CT molecular complexity index is 613. The molecule has 7 heteroatoms. The molecule has 1 fully saturated rings. The van der Waals surface area contributed by atoms with Crippen molar-refractivity contribution in [3.8, 4) is 0 Å². The van der Waals surface area contributed by atoms with Gasteiger partial charge in [-0.2, -0.15) is 0 Å². The van der Waals surface area contributed by atoms with Crippen LogP contribution < -0.4 is 0 Å². The van der Waals surface area contributed by atoms with Gasteiger partial charge >= 0.3 is 5.97 Å². The number of hydrogen-bond acceptors (Lipinski definition) is 5. The van der Waals surface area contributed by atoms with E-state index in [-0.39, 0.29) is 17.4 Å². The van der Waals surface area contributed by atoms with E-state index < -0.39 is 5.97 Å². The van der Waals surface area contributed by atoms with Crippen LogP contribution in [-0.2, 0) is 20.9 Å². The van der Waals surface area contributed by atoms with Gasteiger partial charge in [-0.1, -0.05) is 47.7 Å². The fraction of sp³-hybridized carbons (Fsp3) is 0.214. The molecule has 0 bridgehead atoms. The number of amides is 1. The van der Waals surface area contributed by atoms with E-state index in [1.165, 1.54) is 11.0 Å². The van der Waals surface area contributed by atoms with E-state index in [1.807, 2.05) is 12.1 Å². The van der Waals surface area contributed by atoms with Gasteiger partial charge < -0.3 is 4.74 Å². The maximum absolute atomic E-state index is 12.2. The lowest BCUT2D eigenvalue weighted by atomic mass is 10.2. The van der Waals surface area contributed by atoms with E-state index in [9.17, 15) is 9.59 Å². The molecule has 1 heterocycles. The number of halogens is 1. The standard InChI is InChI=1S/C14H12ClNO3S2/c1-2-19-12(17)7-11-13(18)16(14(20)21-11)8-9-3-5-10(15)6-4-9/h3-7H,2,8H2,1H3/b11-7-. The van der Waals surface area contributed by atoms with Crippen LogP contribution in [0.5, 0.6) is 0 Å². The predicted octanol–water partition coefficient (Wildman–Crippen LogP) is 3.15. The van der Waals surface area contributed by atoms with Crippen LogP contribution >= 0.6 is 35.6 Å². The molecule has 0 unspecified atom stereocenters. The van der Waals surface area contributed by atoms with Gasteiger partial charge in [0.05, 0.1) is 18.1 Å². The lowest BCUT2D eigenvalue weighted by molar-refractivity contribution is -0.137. The largest absolute Gasteiger partial charge is 0.463 e. The van der Waals surface area contributed by atoms with E-state index in [0.717, 1.165) is 17.3 Å². The van der Waals surface area contributed by atoms with Crippen molar-refractivity contribution in [3.05, 3.63) is 45.8 Å². The van der Waals surface area contributed by atoms with Crippen LogP contribution in [0, 0.1) is 0 Å². The lowest BCUT2D eigenvalue weighted by Crippen LogP contribution is -2.27. The molecule has 1 aromatic carbocycles. The highest BCUT2D eigenvalue weighted by Crippen LogP contribution is 2.32. The third-order valence-electron chi connectivity index (χ3n) is 2.66. The average Bonchev–Trinajstić information content (AvgIpc) is 2.69. The summed E-state index contributed by atoms with van der Waals surface area (Å²) in [6.07, 6.45) is 1.19. The zero-order valence-electron chi connectivity index (χ0n) is 11.2. The van der Waals surface area contributed by atoms with Gasteiger partial charge in [0.1, 0.15) is 4.32 Å². The highest BCUT2D eigenvalue weighted by molar-refractivity contribution is 8.26. The second kappa shape index (κ2) is 7.06. The molecule has 4 nitrogen and oxygen atoms in total. The van der Waals surface area contributed by atoms with E-state index >= 15 is 0 Å². The number of carbonyl (C=O) groups excluding carboxylic acids is 2. The number of carbonyl (C=O) groups is 2. The molecule has 1 saturated heterocycles. The van der Waals surface area contributed by atoms with Gasteiger partial charge in [-0.3, -0.25) is 9.69 Å². The Hall–Kier alpha value is -1.37. The fourth-order valence-electron chi connectivity index (χ4n) is 1.70. The van der Waals surface area contributed by atoms with Gasteiger partial charge in [-0.15, -0.1) is 0 Å². The third-order valence-corrected chi connectivity index (χ3v) is 4.29. The number of thioether (sulfide) groups is 1. The molecule has 0 saturated carbocycles. The molecule has 1 aliphatic heterocycles. The molecule has 0 N–H and O–H groups in total. The van der Waals surface area contributed by atoms with E-state index in [0.29, 0.717) is 15.9 Å². The smallest absolute Gasteiger partial charge is 0.332 e. The monoisotopic (exact) mass is 341 g/mol. The Kier molecular flexibility index (Phi) is 5.39. The molecule has 21 heavy (non-hydrogen) atoms. The van der Waals surface area contributed by atoms with Gasteiger partial charge in [0.2, 0.25) is 0 Å².